The Bertz CT molecular complexity index is 434. The molecule has 15 heavy (non-hydrogen) atoms. The van der Waals surface area contributed by atoms with Crippen molar-refractivity contribution in [2.45, 2.75) is 26.3 Å². The zero-order valence-electron chi connectivity index (χ0n) is 8.71. The number of hydrogen-bond donors (Lipinski definition) is 1. The van der Waals surface area contributed by atoms with E-state index >= 15 is 0 Å². The van der Waals surface area contributed by atoms with Crippen LogP contribution in [0.15, 0.2) is 12.3 Å². The highest BCUT2D eigenvalue weighted by Gasteiger charge is 2.46. The molecule has 0 bridgehead atoms. The minimum absolute atomic E-state index is 0.313. The number of nitrogens with one attached hydrogen (secondary N) is 1. The third kappa shape index (κ3) is 1.91. The predicted molar refractivity (Wildman–Crippen MR) is 59.8 cm³/mol. The minimum atomic E-state index is 0.313. The number of rotatable bonds is 2. The maximum atomic E-state index is 8.81. The fourth-order valence-corrected chi connectivity index (χ4v) is 1.72. The van der Waals surface area contributed by atoms with E-state index in [1.807, 2.05) is 6.07 Å². The molecular weight excluding hydrogens is 210 g/mol. The Hall–Kier alpha value is -1.27. The smallest absolute Gasteiger partial charge is 0.146 e. The van der Waals surface area contributed by atoms with Gasteiger partial charge in [0.15, 0.2) is 0 Å². The van der Waals surface area contributed by atoms with Gasteiger partial charge in [0.1, 0.15) is 16.9 Å². The first kappa shape index (κ1) is 10.3. The van der Waals surface area contributed by atoms with Crippen LogP contribution in [0.2, 0.25) is 5.02 Å². The van der Waals surface area contributed by atoms with Gasteiger partial charge in [0.05, 0.1) is 5.56 Å². The molecule has 1 atom stereocenters. The topological polar surface area (TPSA) is 48.7 Å². The summed E-state index contributed by atoms with van der Waals surface area (Å²) >= 11 is 6.03. The van der Waals surface area contributed by atoms with Gasteiger partial charge in [0, 0.05) is 12.2 Å². The summed E-state index contributed by atoms with van der Waals surface area (Å²) in [6, 6.07) is 4.07. The fraction of sp³-hybridized carbons (Fsp3) is 0.455. The van der Waals surface area contributed by atoms with E-state index in [1.165, 1.54) is 0 Å². The van der Waals surface area contributed by atoms with Crippen LogP contribution in [-0.4, -0.2) is 11.0 Å². The molecular formula is C11H12ClN3. The second-order valence-corrected chi connectivity index (χ2v) is 4.90. The molecule has 1 heterocycles. The third-order valence-corrected chi connectivity index (χ3v) is 3.22. The number of aromatic nitrogens is 1. The highest BCUT2D eigenvalue weighted by Crippen LogP contribution is 2.47. The maximum absolute atomic E-state index is 8.81. The molecule has 0 amide bonds. The first-order valence-corrected chi connectivity index (χ1v) is 5.23. The number of halogens is 1. The molecule has 1 aliphatic rings. The first-order valence-electron chi connectivity index (χ1n) is 4.86. The predicted octanol–water partition coefficient (Wildman–Crippen LogP) is 2.82. The number of hydrogen-bond acceptors (Lipinski definition) is 3. The van der Waals surface area contributed by atoms with Crippen molar-refractivity contribution < 1.29 is 0 Å². The summed E-state index contributed by atoms with van der Waals surface area (Å²) in [4.78, 5) is 4.14. The van der Waals surface area contributed by atoms with Gasteiger partial charge in [-0.25, -0.2) is 4.98 Å². The molecule has 0 aliphatic heterocycles. The molecule has 1 N–H and O–H groups in total. The molecule has 4 heteroatoms. The summed E-state index contributed by atoms with van der Waals surface area (Å²) in [6.45, 7) is 4.37. The van der Waals surface area contributed by atoms with E-state index < -0.39 is 0 Å². The molecule has 1 fully saturated rings. The van der Waals surface area contributed by atoms with Gasteiger partial charge in [-0.1, -0.05) is 25.4 Å². The largest absolute Gasteiger partial charge is 0.366 e. The Morgan fingerprint density at radius 3 is 2.87 bits per heavy atom. The first-order chi connectivity index (χ1) is 7.04. The van der Waals surface area contributed by atoms with Crippen LogP contribution in [0.5, 0.6) is 0 Å². The fourth-order valence-electron chi connectivity index (χ4n) is 1.51. The van der Waals surface area contributed by atoms with Gasteiger partial charge in [-0.15, -0.1) is 0 Å². The van der Waals surface area contributed by atoms with Crippen molar-refractivity contribution in [3.8, 4) is 6.07 Å². The van der Waals surface area contributed by atoms with Crippen LogP contribution < -0.4 is 5.32 Å². The summed E-state index contributed by atoms with van der Waals surface area (Å²) in [5.41, 5.74) is 0.779. The number of nitriles is 1. The van der Waals surface area contributed by atoms with Gasteiger partial charge >= 0.3 is 0 Å². The molecule has 0 aromatic carbocycles. The minimum Gasteiger partial charge on any atom is -0.366 e. The van der Waals surface area contributed by atoms with E-state index in [2.05, 4.69) is 24.1 Å². The van der Waals surface area contributed by atoms with Crippen LogP contribution in [0.4, 0.5) is 5.82 Å². The van der Waals surface area contributed by atoms with Crippen LogP contribution >= 0.6 is 11.6 Å². The SMILES string of the molecule is CC1(C)CC1Nc1nccc(C#N)c1Cl. The molecule has 1 unspecified atom stereocenters. The van der Waals surface area contributed by atoms with Crippen molar-refractivity contribution in [2.24, 2.45) is 5.41 Å². The van der Waals surface area contributed by atoms with E-state index in [9.17, 15) is 0 Å². The van der Waals surface area contributed by atoms with Gasteiger partial charge in [0.25, 0.3) is 0 Å². The van der Waals surface area contributed by atoms with E-state index in [1.54, 1.807) is 12.3 Å². The van der Waals surface area contributed by atoms with Crippen molar-refractivity contribution in [1.29, 1.82) is 5.26 Å². The van der Waals surface area contributed by atoms with E-state index in [0.29, 0.717) is 27.9 Å². The molecule has 1 aliphatic carbocycles. The number of pyridine rings is 1. The normalized spacial score (nSPS) is 21.9. The average molecular weight is 222 g/mol. The lowest BCUT2D eigenvalue weighted by molar-refractivity contribution is 0.630. The van der Waals surface area contributed by atoms with Gasteiger partial charge in [-0.05, 0) is 17.9 Å². The average Bonchev–Trinajstić information content (AvgIpc) is 2.77. The highest BCUT2D eigenvalue weighted by atomic mass is 35.5. The van der Waals surface area contributed by atoms with Gasteiger partial charge in [0.2, 0.25) is 0 Å². The van der Waals surface area contributed by atoms with Crippen molar-refractivity contribution >= 4 is 17.4 Å². The molecule has 2 rings (SSSR count). The zero-order chi connectivity index (χ0) is 11.1. The molecule has 0 radical (unpaired) electrons. The lowest BCUT2D eigenvalue weighted by Gasteiger charge is -2.09. The Kier molecular flexibility index (Phi) is 2.32. The van der Waals surface area contributed by atoms with Crippen LogP contribution in [0.1, 0.15) is 25.8 Å². The molecule has 78 valence electrons. The lowest BCUT2D eigenvalue weighted by atomic mass is 10.2. The monoisotopic (exact) mass is 221 g/mol. The van der Waals surface area contributed by atoms with E-state index in [4.69, 9.17) is 16.9 Å². The Morgan fingerprint density at radius 1 is 1.67 bits per heavy atom. The zero-order valence-corrected chi connectivity index (χ0v) is 9.47. The van der Waals surface area contributed by atoms with Gasteiger partial charge in [-0.2, -0.15) is 5.26 Å². The number of nitrogens with zero attached hydrogens (tertiary/aromatic N) is 2. The molecule has 0 saturated heterocycles. The van der Waals surface area contributed by atoms with Crippen LogP contribution in [-0.2, 0) is 0 Å². The molecule has 1 aromatic rings. The summed E-state index contributed by atoms with van der Waals surface area (Å²) < 4.78 is 0. The van der Waals surface area contributed by atoms with Crippen molar-refractivity contribution in [3.63, 3.8) is 0 Å². The Labute approximate surface area is 94.1 Å². The van der Waals surface area contributed by atoms with E-state index in [0.717, 1.165) is 6.42 Å². The summed E-state index contributed by atoms with van der Waals surface area (Å²) in [6.07, 6.45) is 2.71. The highest BCUT2D eigenvalue weighted by molar-refractivity contribution is 6.34. The third-order valence-electron chi connectivity index (χ3n) is 2.83. The number of anilines is 1. The molecule has 1 aromatic heterocycles. The molecule has 0 spiro atoms. The molecule has 3 nitrogen and oxygen atoms in total. The summed E-state index contributed by atoms with van der Waals surface area (Å²) in [5, 5.41) is 12.5. The summed E-state index contributed by atoms with van der Waals surface area (Å²) in [5.74, 6) is 0.617. The Morgan fingerprint density at radius 2 is 2.33 bits per heavy atom. The quantitative estimate of drug-likeness (QED) is 0.836. The van der Waals surface area contributed by atoms with Gasteiger partial charge in [-0.3, -0.25) is 0 Å². The second kappa shape index (κ2) is 3.39. The Balaban J connectivity index is 2.20. The van der Waals surface area contributed by atoms with Gasteiger partial charge < -0.3 is 5.32 Å². The van der Waals surface area contributed by atoms with Crippen LogP contribution in [0.3, 0.4) is 0 Å². The van der Waals surface area contributed by atoms with Crippen molar-refractivity contribution in [1.82, 2.24) is 4.98 Å². The summed E-state index contributed by atoms with van der Waals surface area (Å²) in [7, 11) is 0. The van der Waals surface area contributed by atoms with E-state index in [-0.39, 0.29) is 0 Å². The lowest BCUT2D eigenvalue weighted by Crippen LogP contribution is -2.10. The van der Waals surface area contributed by atoms with Crippen LogP contribution in [0, 0.1) is 16.7 Å². The second-order valence-electron chi connectivity index (χ2n) is 4.52. The van der Waals surface area contributed by atoms with Crippen LogP contribution in [0.25, 0.3) is 0 Å². The molecule has 1 saturated carbocycles. The van der Waals surface area contributed by atoms with Crippen molar-refractivity contribution in [2.75, 3.05) is 5.32 Å². The maximum Gasteiger partial charge on any atom is 0.146 e. The standard InChI is InChI=1S/C11H12ClN3/c1-11(2)5-8(11)15-10-9(12)7(6-13)3-4-14-10/h3-4,8H,5H2,1-2H3,(H,14,15). The van der Waals surface area contributed by atoms with Crippen molar-refractivity contribution in [3.05, 3.63) is 22.8 Å².